The minimum atomic E-state index is -0.196. The molecule has 0 saturated carbocycles. The van der Waals surface area contributed by atoms with E-state index in [4.69, 9.17) is 0 Å². The predicted molar refractivity (Wildman–Crippen MR) is 97.3 cm³/mol. The summed E-state index contributed by atoms with van der Waals surface area (Å²) < 4.78 is 3.27. The molecule has 0 aliphatic heterocycles. The topological polar surface area (TPSA) is 68.9 Å². The van der Waals surface area contributed by atoms with Gasteiger partial charge in [-0.05, 0) is 37.1 Å². The van der Waals surface area contributed by atoms with Crippen molar-refractivity contribution in [3.63, 3.8) is 0 Å². The predicted octanol–water partition coefficient (Wildman–Crippen LogP) is 2.49. The van der Waals surface area contributed by atoms with Gasteiger partial charge in [0.25, 0.3) is 0 Å². The van der Waals surface area contributed by atoms with E-state index in [1.807, 2.05) is 50.2 Å². The number of para-hydroxylation sites is 2. The number of hydrogen-bond acceptors (Lipinski definition) is 3. The smallest absolute Gasteiger partial charge is 0.329 e. The largest absolute Gasteiger partial charge is 0.348 e. The zero-order valence-electron chi connectivity index (χ0n) is 14.5. The molecule has 1 N–H and O–H groups in total. The van der Waals surface area contributed by atoms with Crippen molar-refractivity contribution in [2.24, 2.45) is 0 Å². The van der Waals surface area contributed by atoms with Gasteiger partial charge in [0.1, 0.15) is 6.54 Å². The number of aromatic nitrogens is 3. The first-order valence-electron chi connectivity index (χ1n) is 8.49. The molecule has 6 heteroatoms. The first kappa shape index (κ1) is 17.0. The van der Waals surface area contributed by atoms with Crippen molar-refractivity contribution in [2.75, 3.05) is 0 Å². The number of hydrogen-bond donors (Lipinski definition) is 1. The molecule has 3 aromatic rings. The molecule has 6 nitrogen and oxygen atoms in total. The van der Waals surface area contributed by atoms with E-state index in [9.17, 15) is 9.59 Å². The molecule has 2 heterocycles. The third-order valence-corrected chi connectivity index (χ3v) is 4.24. The van der Waals surface area contributed by atoms with E-state index in [1.165, 1.54) is 4.57 Å². The number of nitrogens with zero attached hydrogens (tertiary/aromatic N) is 3. The molecule has 1 atom stereocenters. The number of carbonyl (C=O) groups is 1. The second kappa shape index (κ2) is 7.34. The Labute approximate surface area is 146 Å². The van der Waals surface area contributed by atoms with Gasteiger partial charge in [0.15, 0.2) is 0 Å². The van der Waals surface area contributed by atoms with Crippen LogP contribution in [-0.4, -0.2) is 20.0 Å². The minimum Gasteiger partial charge on any atom is -0.348 e. The minimum absolute atomic E-state index is 0.000658. The Bertz CT molecular complexity index is 927. The fourth-order valence-corrected chi connectivity index (χ4v) is 3.01. The van der Waals surface area contributed by atoms with Crippen molar-refractivity contribution in [2.45, 2.75) is 39.4 Å². The molecule has 0 fully saturated rings. The Hall–Kier alpha value is -2.89. The fraction of sp³-hybridized carbons (Fsp3) is 0.316. The van der Waals surface area contributed by atoms with Gasteiger partial charge in [-0.25, -0.2) is 4.79 Å². The number of fused-ring (bicyclic) bond motifs is 1. The number of benzene rings is 1. The zero-order valence-corrected chi connectivity index (χ0v) is 14.5. The van der Waals surface area contributed by atoms with Crippen LogP contribution in [0.2, 0.25) is 0 Å². The number of carbonyl (C=O) groups excluding carboxylic acids is 1. The number of rotatable bonds is 6. The number of imidazole rings is 1. The molecule has 25 heavy (non-hydrogen) atoms. The van der Waals surface area contributed by atoms with Crippen molar-refractivity contribution < 1.29 is 4.79 Å². The second-order valence-electron chi connectivity index (χ2n) is 6.08. The molecular weight excluding hydrogens is 316 g/mol. The van der Waals surface area contributed by atoms with Crippen LogP contribution in [0.4, 0.5) is 0 Å². The fourth-order valence-electron chi connectivity index (χ4n) is 3.01. The molecule has 3 rings (SSSR count). The van der Waals surface area contributed by atoms with Gasteiger partial charge in [-0.3, -0.25) is 18.9 Å². The van der Waals surface area contributed by atoms with Crippen LogP contribution in [0.25, 0.3) is 11.0 Å². The van der Waals surface area contributed by atoms with E-state index in [0.717, 1.165) is 23.0 Å². The lowest BCUT2D eigenvalue weighted by atomic mass is 10.1. The molecule has 130 valence electrons. The highest BCUT2D eigenvalue weighted by Crippen LogP contribution is 2.14. The Morgan fingerprint density at radius 3 is 2.52 bits per heavy atom. The maximum atomic E-state index is 12.7. The Balaban J connectivity index is 1.84. The average Bonchev–Trinajstić information content (AvgIpc) is 2.89. The first-order valence-corrected chi connectivity index (χ1v) is 8.49. The summed E-state index contributed by atoms with van der Waals surface area (Å²) in [5, 5.41) is 2.93. The SMILES string of the molecule is CCCn1c(=O)n(CC(=O)NC(C)c2cccnc2)c2ccccc21. The molecule has 1 aromatic carbocycles. The van der Waals surface area contributed by atoms with Crippen molar-refractivity contribution in [1.82, 2.24) is 19.4 Å². The van der Waals surface area contributed by atoms with Gasteiger partial charge < -0.3 is 5.32 Å². The van der Waals surface area contributed by atoms with E-state index in [1.54, 1.807) is 17.0 Å². The van der Waals surface area contributed by atoms with Gasteiger partial charge in [-0.15, -0.1) is 0 Å². The third kappa shape index (κ3) is 3.47. The van der Waals surface area contributed by atoms with Crippen molar-refractivity contribution in [3.8, 4) is 0 Å². The van der Waals surface area contributed by atoms with Crippen LogP contribution in [0.3, 0.4) is 0 Å². The Morgan fingerprint density at radius 1 is 1.16 bits per heavy atom. The van der Waals surface area contributed by atoms with E-state index in [0.29, 0.717) is 6.54 Å². The summed E-state index contributed by atoms with van der Waals surface area (Å²) in [5.41, 5.74) is 2.43. The highest BCUT2D eigenvalue weighted by atomic mass is 16.2. The first-order chi connectivity index (χ1) is 12.1. The van der Waals surface area contributed by atoms with Gasteiger partial charge in [0, 0.05) is 18.9 Å². The van der Waals surface area contributed by atoms with Gasteiger partial charge >= 0.3 is 5.69 Å². The summed E-state index contributed by atoms with van der Waals surface area (Å²) in [6.07, 6.45) is 4.28. The quantitative estimate of drug-likeness (QED) is 0.751. The number of aryl methyl sites for hydroxylation is 1. The van der Waals surface area contributed by atoms with Gasteiger partial charge in [-0.1, -0.05) is 25.1 Å². The monoisotopic (exact) mass is 338 g/mol. The summed E-state index contributed by atoms with van der Waals surface area (Å²) in [4.78, 5) is 29.2. The molecule has 0 radical (unpaired) electrons. The maximum Gasteiger partial charge on any atom is 0.329 e. The second-order valence-corrected chi connectivity index (χ2v) is 6.08. The highest BCUT2D eigenvalue weighted by Gasteiger charge is 2.16. The number of amides is 1. The molecule has 0 aliphatic carbocycles. The third-order valence-electron chi connectivity index (χ3n) is 4.24. The van der Waals surface area contributed by atoms with E-state index < -0.39 is 0 Å². The van der Waals surface area contributed by atoms with E-state index in [-0.39, 0.29) is 24.2 Å². The lowest BCUT2D eigenvalue weighted by molar-refractivity contribution is -0.122. The Kier molecular flexibility index (Phi) is 4.97. The van der Waals surface area contributed by atoms with Crippen LogP contribution >= 0.6 is 0 Å². The van der Waals surface area contributed by atoms with Crippen molar-refractivity contribution in [3.05, 3.63) is 64.8 Å². The summed E-state index contributed by atoms with van der Waals surface area (Å²) in [6.45, 7) is 4.57. The van der Waals surface area contributed by atoms with Crippen LogP contribution in [-0.2, 0) is 17.9 Å². The maximum absolute atomic E-state index is 12.7. The lowest BCUT2D eigenvalue weighted by Crippen LogP contribution is -2.34. The van der Waals surface area contributed by atoms with E-state index in [2.05, 4.69) is 10.3 Å². The van der Waals surface area contributed by atoms with E-state index >= 15 is 0 Å². The molecule has 2 aromatic heterocycles. The van der Waals surface area contributed by atoms with Gasteiger partial charge in [0.2, 0.25) is 5.91 Å². The highest BCUT2D eigenvalue weighted by molar-refractivity contribution is 5.81. The number of nitrogens with one attached hydrogen (secondary N) is 1. The lowest BCUT2D eigenvalue weighted by Gasteiger charge is -2.14. The summed E-state index contributed by atoms with van der Waals surface area (Å²) in [6, 6.07) is 11.2. The molecular formula is C19H22N4O2. The summed E-state index contributed by atoms with van der Waals surface area (Å²) in [7, 11) is 0. The summed E-state index contributed by atoms with van der Waals surface area (Å²) >= 11 is 0. The van der Waals surface area contributed by atoms with Crippen LogP contribution < -0.4 is 11.0 Å². The molecule has 1 unspecified atom stereocenters. The molecule has 0 aliphatic rings. The van der Waals surface area contributed by atoms with Crippen molar-refractivity contribution >= 4 is 16.9 Å². The Morgan fingerprint density at radius 2 is 1.88 bits per heavy atom. The van der Waals surface area contributed by atoms with Crippen LogP contribution in [0.15, 0.2) is 53.6 Å². The van der Waals surface area contributed by atoms with Crippen LogP contribution in [0.5, 0.6) is 0 Å². The molecule has 0 spiro atoms. The molecule has 1 amide bonds. The molecule has 0 bridgehead atoms. The standard InChI is InChI=1S/C19H22N4O2/c1-3-11-22-16-8-4-5-9-17(16)23(19(22)25)13-18(24)21-14(2)15-7-6-10-20-12-15/h4-10,12,14H,3,11,13H2,1-2H3,(H,21,24). The average molecular weight is 338 g/mol. The van der Waals surface area contributed by atoms with Crippen LogP contribution in [0, 0.1) is 0 Å². The zero-order chi connectivity index (χ0) is 17.8. The van der Waals surface area contributed by atoms with Gasteiger partial charge in [-0.2, -0.15) is 0 Å². The van der Waals surface area contributed by atoms with Gasteiger partial charge in [0.05, 0.1) is 17.1 Å². The molecule has 0 saturated heterocycles. The summed E-state index contributed by atoms with van der Waals surface area (Å²) in [5.74, 6) is -0.196. The van der Waals surface area contributed by atoms with Crippen molar-refractivity contribution in [1.29, 1.82) is 0 Å². The normalized spacial score (nSPS) is 12.2. The van der Waals surface area contributed by atoms with Crippen LogP contribution in [0.1, 0.15) is 31.9 Å². The number of pyridine rings is 1.